The van der Waals surface area contributed by atoms with Crippen molar-refractivity contribution in [3.63, 3.8) is 0 Å². The fourth-order valence-electron chi connectivity index (χ4n) is 2.93. The molecule has 12 heteroatoms. The molecule has 0 fully saturated rings. The number of benzene rings is 2. The number of carbonyl (C=O) groups excluding carboxylic acids is 3. The van der Waals surface area contributed by atoms with Crippen LogP contribution in [0.25, 0.3) is 6.08 Å². The topological polar surface area (TPSA) is 109 Å². The highest BCUT2D eigenvalue weighted by Crippen LogP contribution is 2.36. The van der Waals surface area contributed by atoms with Gasteiger partial charge in [0.25, 0.3) is 5.91 Å². The zero-order valence-electron chi connectivity index (χ0n) is 19.2. The van der Waals surface area contributed by atoms with Crippen LogP contribution in [-0.2, 0) is 15.8 Å². The number of hydrogen-bond acceptors (Lipinski definition) is 5. The van der Waals surface area contributed by atoms with E-state index in [1.165, 1.54) is 37.5 Å². The first kappa shape index (κ1) is 27.2. The van der Waals surface area contributed by atoms with E-state index >= 15 is 0 Å². The minimum atomic E-state index is -4.65. The minimum absolute atomic E-state index is 0.0463. The van der Waals surface area contributed by atoms with E-state index in [0.717, 1.165) is 18.2 Å². The largest absolute Gasteiger partial charge is 0.457 e. The molecule has 3 amide bonds. The minimum Gasteiger partial charge on any atom is -0.457 e. The lowest BCUT2D eigenvalue weighted by atomic mass is 10.2. The number of hydrogen-bond donors (Lipinski definition) is 3. The molecule has 8 nitrogen and oxygen atoms in total. The fraction of sp³-hybridized carbons (Fsp3) is 0.120. The van der Waals surface area contributed by atoms with Crippen molar-refractivity contribution in [1.29, 1.82) is 0 Å². The summed E-state index contributed by atoms with van der Waals surface area (Å²) in [7, 11) is 1.45. The molecule has 1 heterocycles. The zero-order valence-corrected chi connectivity index (χ0v) is 20.0. The van der Waals surface area contributed by atoms with E-state index in [-0.39, 0.29) is 23.8 Å². The van der Waals surface area contributed by atoms with Crippen molar-refractivity contribution >= 4 is 41.1 Å². The number of amides is 3. The number of carbonyl (C=O) groups is 3. The number of likely N-dealkylation sites (N-methyl/N-ethyl adjacent to an activating group) is 1. The SMILES string of the molecule is CNC(=O)CNC(=O)c1cc(Oc2cccc(/C=C/C(=O)Nc3ccc(Cl)c(C(F)(F)F)c3)c2)ccn1. The Balaban J connectivity index is 1.65. The number of pyridine rings is 1. The second kappa shape index (κ2) is 12.0. The number of nitrogens with one attached hydrogen (secondary N) is 3. The maximum atomic E-state index is 13.0. The molecule has 3 aromatic rings. The van der Waals surface area contributed by atoms with Gasteiger partial charge in [-0.1, -0.05) is 23.7 Å². The number of anilines is 1. The van der Waals surface area contributed by atoms with Gasteiger partial charge in [-0.2, -0.15) is 13.2 Å². The number of nitrogens with zero attached hydrogens (tertiary/aromatic N) is 1. The van der Waals surface area contributed by atoms with Gasteiger partial charge in [-0.15, -0.1) is 0 Å². The third-order valence-corrected chi connectivity index (χ3v) is 5.04. The summed E-state index contributed by atoms with van der Waals surface area (Å²) in [5.41, 5.74) is -0.498. The number of halogens is 4. The molecule has 0 spiro atoms. The monoisotopic (exact) mass is 532 g/mol. The Morgan fingerprint density at radius 1 is 1.05 bits per heavy atom. The Morgan fingerprint density at radius 3 is 2.54 bits per heavy atom. The standard InChI is InChI=1S/C25H20ClF3N4O4/c1-30-23(35)14-32-24(36)21-13-18(9-10-31-21)37-17-4-2-3-15(11-17)5-8-22(34)33-16-6-7-20(26)19(12-16)25(27,28)29/h2-13H,14H2,1H3,(H,30,35)(H,32,36)(H,33,34)/b8-5+. The number of aromatic nitrogens is 1. The van der Waals surface area contributed by atoms with Crippen LogP contribution in [0.3, 0.4) is 0 Å². The van der Waals surface area contributed by atoms with Gasteiger partial charge >= 0.3 is 6.18 Å². The Kier molecular flexibility index (Phi) is 8.86. The van der Waals surface area contributed by atoms with Crippen LogP contribution in [0.15, 0.2) is 66.9 Å². The van der Waals surface area contributed by atoms with Crippen LogP contribution in [-0.4, -0.2) is 36.3 Å². The van der Waals surface area contributed by atoms with Crippen molar-refractivity contribution in [2.45, 2.75) is 6.18 Å². The van der Waals surface area contributed by atoms with Crippen LogP contribution in [0.5, 0.6) is 11.5 Å². The first-order chi connectivity index (χ1) is 17.5. The molecule has 37 heavy (non-hydrogen) atoms. The Morgan fingerprint density at radius 2 is 1.81 bits per heavy atom. The van der Waals surface area contributed by atoms with Crippen LogP contribution >= 0.6 is 11.6 Å². The third kappa shape index (κ3) is 8.07. The van der Waals surface area contributed by atoms with Crippen molar-refractivity contribution in [1.82, 2.24) is 15.6 Å². The van der Waals surface area contributed by atoms with Crippen LogP contribution in [0, 0.1) is 0 Å². The van der Waals surface area contributed by atoms with Crippen molar-refractivity contribution < 1.29 is 32.3 Å². The molecule has 1 aromatic heterocycles. The van der Waals surface area contributed by atoms with Gasteiger partial charge in [0, 0.05) is 31.1 Å². The number of alkyl halides is 3. The lowest BCUT2D eigenvalue weighted by Crippen LogP contribution is -2.35. The lowest BCUT2D eigenvalue weighted by Gasteiger charge is -2.11. The van der Waals surface area contributed by atoms with Gasteiger partial charge in [0.05, 0.1) is 17.1 Å². The third-order valence-electron chi connectivity index (χ3n) is 4.71. The average molecular weight is 533 g/mol. The van der Waals surface area contributed by atoms with Crippen LogP contribution in [0.2, 0.25) is 5.02 Å². The second-order valence-electron chi connectivity index (χ2n) is 7.42. The van der Waals surface area contributed by atoms with Gasteiger partial charge in [-0.05, 0) is 48.0 Å². The van der Waals surface area contributed by atoms with Gasteiger partial charge in [0.2, 0.25) is 11.8 Å². The predicted molar refractivity (Wildman–Crippen MR) is 131 cm³/mol. The number of rotatable bonds is 8. The molecule has 0 atom stereocenters. The predicted octanol–water partition coefficient (Wildman–Crippen LogP) is 4.67. The Hall–Kier alpha value is -4.38. The summed E-state index contributed by atoms with van der Waals surface area (Å²) >= 11 is 5.59. The molecule has 0 saturated heterocycles. The maximum absolute atomic E-state index is 13.0. The van der Waals surface area contributed by atoms with Crippen molar-refractivity contribution in [3.05, 3.63) is 88.7 Å². The average Bonchev–Trinajstić information content (AvgIpc) is 2.86. The van der Waals surface area contributed by atoms with Gasteiger partial charge in [-0.3, -0.25) is 19.4 Å². The summed E-state index contributed by atoms with van der Waals surface area (Å²) in [6.07, 6.45) is -0.673. The van der Waals surface area contributed by atoms with Crippen LogP contribution < -0.4 is 20.7 Å². The summed E-state index contributed by atoms with van der Waals surface area (Å²) in [4.78, 5) is 39.6. The highest BCUT2D eigenvalue weighted by molar-refractivity contribution is 6.31. The van der Waals surface area contributed by atoms with Crippen LogP contribution in [0.1, 0.15) is 21.6 Å². The smallest absolute Gasteiger partial charge is 0.417 e. The summed E-state index contributed by atoms with van der Waals surface area (Å²) in [6, 6.07) is 12.6. The molecule has 2 aromatic carbocycles. The molecule has 0 bridgehead atoms. The summed E-state index contributed by atoms with van der Waals surface area (Å²) in [5, 5.41) is 6.70. The summed E-state index contributed by atoms with van der Waals surface area (Å²) in [5.74, 6) is -0.873. The van der Waals surface area contributed by atoms with Gasteiger partial charge in [0.1, 0.15) is 17.2 Å². The molecular formula is C25H20ClF3N4O4. The van der Waals surface area contributed by atoms with Gasteiger partial charge in [0.15, 0.2) is 0 Å². The molecule has 0 saturated carbocycles. The van der Waals surface area contributed by atoms with E-state index in [9.17, 15) is 27.6 Å². The Labute approximate surface area is 214 Å². The maximum Gasteiger partial charge on any atom is 0.417 e. The zero-order chi connectivity index (χ0) is 27.0. The normalized spacial score (nSPS) is 11.2. The summed E-state index contributed by atoms with van der Waals surface area (Å²) in [6.45, 7) is -0.203. The molecule has 0 aliphatic carbocycles. The summed E-state index contributed by atoms with van der Waals surface area (Å²) < 4.78 is 44.8. The van der Waals surface area contributed by atoms with E-state index in [1.54, 1.807) is 24.3 Å². The first-order valence-electron chi connectivity index (χ1n) is 10.6. The van der Waals surface area contributed by atoms with Crippen LogP contribution in [0.4, 0.5) is 18.9 Å². The van der Waals surface area contributed by atoms with E-state index in [1.807, 2.05) is 0 Å². The van der Waals surface area contributed by atoms with E-state index in [2.05, 4.69) is 20.9 Å². The molecule has 192 valence electrons. The fourth-order valence-corrected chi connectivity index (χ4v) is 3.16. The van der Waals surface area contributed by atoms with E-state index in [0.29, 0.717) is 17.1 Å². The van der Waals surface area contributed by atoms with E-state index < -0.39 is 28.6 Å². The quantitative estimate of drug-likeness (QED) is 0.365. The highest BCUT2D eigenvalue weighted by Gasteiger charge is 2.33. The molecule has 3 rings (SSSR count). The molecule has 0 aliphatic rings. The molecular weight excluding hydrogens is 513 g/mol. The van der Waals surface area contributed by atoms with Crippen molar-refractivity contribution in [2.75, 3.05) is 18.9 Å². The lowest BCUT2D eigenvalue weighted by molar-refractivity contribution is -0.137. The van der Waals surface area contributed by atoms with Crippen molar-refractivity contribution in [3.8, 4) is 11.5 Å². The molecule has 3 N–H and O–H groups in total. The van der Waals surface area contributed by atoms with Gasteiger partial charge in [-0.25, -0.2) is 0 Å². The Bertz CT molecular complexity index is 1350. The molecule has 0 unspecified atom stereocenters. The highest BCUT2D eigenvalue weighted by atomic mass is 35.5. The number of ether oxygens (including phenoxy) is 1. The van der Waals surface area contributed by atoms with E-state index in [4.69, 9.17) is 16.3 Å². The second-order valence-corrected chi connectivity index (χ2v) is 7.83. The van der Waals surface area contributed by atoms with Crippen molar-refractivity contribution in [2.24, 2.45) is 0 Å². The van der Waals surface area contributed by atoms with Gasteiger partial charge < -0.3 is 20.7 Å². The molecule has 0 radical (unpaired) electrons. The molecule has 0 aliphatic heterocycles. The first-order valence-corrected chi connectivity index (χ1v) is 11.0.